The zero-order valence-corrected chi connectivity index (χ0v) is 11.9. The summed E-state index contributed by atoms with van der Waals surface area (Å²) in [7, 11) is -2.82. The number of sulfonamides is 1. The first kappa shape index (κ1) is 16.2. The summed E-state index contributed by atoms with van der Waals surface area (Å²) >= 11 is 0. The highest BCUT2D eigenvalue weighted by Crippen LogP contribution is 2.15. The lowest BCUT2D eigenvalue weighted by Gasteiger charge is -2.03. The molecule has 2 N–H and O–H groups in total. The monoisotopic (exact) mass is 304 g/mol. The van der Waals surface area contributed by atoms with Gasteiger partial charge < -0.3 is 14.4 Å². The fraction of sp³-hybridized carbons (Fsp3) is 0.455. The first-order valence-corrected chi connectivity index (χ1v) is 7.30. The molecule has 9 heteroatoms. The number of esters is 1. The number of nitrogens with one attached hydrogen (secondary N) is 1. The smallest absolute Gasteiger partial charge is 0.352 e. The highest BCUT2D eigenvalue weighted by atomic mass is 32.2. The van der Waals surface area contributed by atoms with Crippen molar-refractivity contribution in [2.45, 2.75) is 24.8 Å². The second kappa shape index (κ2) is 6.53. The lowest BCUT2D eigenvalue weighted by atomic mass is 10.4. The van der Waals surface area contributed by atoms with E-state index in [2.05, 4.69) is 4.74 Å². The molecule has 0 spiro atoms. The van der Waals surface area contributed by atoms with Crippen molar-refractivity contribution in [1.82, 2.24) is 9.29 Å². The average Bonchev–Trinajstić information content (AvgIpc) is 2.81. The van der Waals surface area contributed by atoms with Crippen molar-refractivity contribution < 1.29 is 27.9 Å². The van der Waals surface area contributed by atoms with Gasteiger partial charge in [0, 0.05) is 12.7 Å². The lowest BCUT2D eigenvalue weighted by Crippen LogP contribution is -2.30. The standard InChI is InChI=1S/C11H16N2O6S/c1-3-4-13-7-8(5-9(13)11(15)16)20(17,18)12-6-10(14)19-2/h5,7,12H,3-4,6H2,1-2H3,(H,15,16). The Morgan fingerprint density at radius 3 is 2.60 bits per heavy atom. The van der Waals surface area contributed by atoms with E-state index in [-0.39, 0.29) is 10.6 Å². The molecular formula is C11H16N2O6S. The molecule has 0 bridgehead atoms. The van der Waals surface area contributed by atoms with E-state index in [1.165, 1.54) is 10.8 Å². The number of ether oxygens (including phenoxy) is 1. The van der Waals surface area contributed by atoms with Crippen LogP contribution >= 0.6 is 0 Å². The number of aryl methyl sites for hydroxylation is 1. The minimum atomic E-state index is -3.95. The number of hydrogen-bond donors (Lipinski definition) is 2. The Morgan fingerprint density at radius 2 is 2.10 bits per heavy atom. The highest BCUT2D eigenvalue weighted by molar-refractivity contribution is 7.89. The molecule has 0 aliphatic carbocycles. The third-order valence-electron chi connectivity index (χ3n) is 2.50. The number of methoxy groups -OCH3 is 1. The van der Waals surface area contributed by atoms with Crippen LogP contribution in [0, 0.1) is 0 Å². The normalized spacial score (nSPS) is 11.3. The van der Waals surface area contributed by atoms with Gasteiger partial charge in [-0.05, 0) is 12.5 Å². The highest BCUT2D eigenvalue weighted by Gasteiger charge is 2.21. The number of rotatable bonds is 7. The summed E-state index contributed by atoms with van der Waals surface area (Å²) in [5.41, 5.74) is -0.120. The van der Waals surface area contributed by atoms with Crippen LogP contribution in [0.3, 0.4) is 0 Å². The van der Waals surface area contributed by atoms with Crippen molar-refractivity contribution in [3.8, 4) is 0 Å². The number of aromatic carboxylic acids is 1. The molecule has 8 nitrogen and oxygen atoms in total. The van der Waals surface area contributed by atoms with E-state index < -0.39 is 28.5 Å². The van der Waals surface area contributed by atoms with Gasteiger partial charge in [-0.25, -0.2) is 13.2 Å². The topological polar surface area (TPSA) is 115 Å². The molecule has 1 heterocycles. The molecule has 0 amide bonds. The molecular weight excluding hydrogens is 288 g/mol. The zero-order valence-electron chi connectivity index (χ0n) is 11.1. The summed E-state index contributed by atoms with van der Waals surface area (Å²) in [6, 6.07) is 1.05. The van der Waals surface area contributed by atoms with E-state index in [0.717, 1.165) is 13.2 Å². The molecule has 0 saturated heterocycles. The van der Waals surface area contributed by atoms with Crippen LogP contribution in [0.1, 0.15) is 23.8 Å². The molecule has 1 aromatic heterocycles. The van der Waals surface area contributed by atoms with Crippen LogP contribution in [0.25, 0.3) is 0 Å². The third kappa shape index (κ3) is 3.81. The van der Waals surface area contributed by atoms with Crippen LogP contribution < -0.4 is 4.72 Å². The molecule has 112 valence electrons. The molecule has 0 radical (unpaired) electrons. The maximum Gasteiger partial charge on any atom is 0.352 e. The van der Waals surface area contributed by atoms with Crippen LogP contribution in [-0.2, 0) is 26.1 Å². The number of carbonyl (C=O) groups excluding carboxylic acids is 1. The summed E-state index contributed by atoms with van der Waals surface area (Å²) in [4.78, 5) is 21.8. The largest absolute Gasteiger partial charge is 0.477 e. The van der Waals surface area contributed by atoms with Crippen molar-refractivity contribution >= 4 is 22.0 Å². The SMILES string of the molecule is CCCn1cc(S(=O)(=O)NCC(=O)OC)cc1C(=O)O. The Labute approximate surface area is 116 Å². The van der Waals surface area contributed by atoms with Gasteiger partial charge >= 0.3 is 11.9 Å². The molecule has 20 heavy (non-hydrogen) atoms. The Hall–Kier alpha value is -1.87. The Kier molecular flexibility index (Phi) is 5.28. The molecule has 0 fully saturated rings. The van der Waals surface area contributed by atoms with Crippen molar-refractivity contribution in [3.63, 3.8) is 0 Å². The number of nitrogens with zero attached hydrogens (tertiary/aromatic N) is 1. The predicted molar refractivity (Wildman–Crippen MR) is 68.9 cm³/mol. The van der Waals surface area contributed by atoms with Gasteiger partial charge in [-0.1, -0.05) is 6.92 Å². The summed E-state index contributed by atoms with van der Waals surface area (Å²) in [5, 5.41) is 9.02. The number of carbonyl (C=O) groups is 2. The van der Waals surface area contributed by atoms with Gasteiger partial charge in [-0.15, -0.1) is 0 Å². The van der Waals surface area contributed by atoms with E-state index in [1.54, 1.807) is 0 Å². The van der Waals surface area contributed by atoms with Crippen LogP contribution in [0.2, 0.25) is 0 Å². The van der Waals surface area contributed by atoms with E-state index in [0.29, 0.717) is 13.0 Å². The minimum absolute atomic E-state index is 0.120. The van der Waals surface area contributed by atoms with E-state index in [4.69, 9.17) is 5.11 Å². The number of hydrogen-bond acceptors (Lipinski definition) is 5. The second-order valence-electron chi connectivity index (χ2n) is 3.96. The molecule has 0 atom stereocenters. The Morgan fingerprint density at radius 1 is 1.45 bits per heavy atom. The predicted octanol–water partition coefficient (Wildman–Crippen LogP) is 0.0476. The van der Waals surface area contributed by atoms with Gasteiger partial charge in [0.15, 0.2) is 0 Å². The quantitative estimate of drug-likeness (QED) is 0.688. The summed E-state index contributed by atoms with van der Waals surface area (Å²) in [6.45, 7) is 1.71. The maximum absolute atomic E-state index is 11.9. The maximum atomic E-state index is 11.9. The number of carboxylic acids is 1. The lowest BCUT2D eigenvalue weighted by molar-refractivity contribution is -0.139. The Balaban J connectivity index is 3.03. The van der Waals surface area contributed by atoms with Crippen molar-refractivity contribution in [2.75, 3.05) is 13.7 Å². The minimum Gasteiger partial charge on any atom is -0.477 e. The zero-order chi connectivity index (χ0) is 15.3. The van der Waals surface area contributed by atoms with Gasteiger partial charge in [0.1, 0.15) is 17.1 Å². The Bertz CT molecular complexity index is 604. The van der Waals surface area contributed by atoms with Gasteiger partial charge in [0.2, 0.25) is 10.0 Å². The molecule has 0 aromatic carbocycles. The second-order valence-corrected chi connectivity index (χ2v) is 5.73. The summed E-state index contributed by atoms with van der Waals surface area (Å²) in [6.07, 6.45) is 1.89. The fourth-order valence-electron chi connectivity index (χ4n) is 1.54. The number of aromatic nitrogens is 1. The van der Waals surface area contributed by atoms with Crippen molar-refractivity contribution in [3.05, 3.63) is 18.0 Å². The third-order valence-corrected chi connectivity index (χ3v) is 3.87. The van der Waals surface area contributed by atoms with Crippen LogP contribution in [0.15, 0.2) is 17.2 Å². The fourth-order valence-corrected chi connectivity index (χ4v) is 2.55. The van der Waals surface area contributed by atoms with Gasteiger partial charge in [-0.2, -0.15) is 4.72 Å². The van der Waals surface area contributed by atoms with E-state index in [1.807, 2.05) is 11.6 Å². The molecule has 0 aliphatic heterocycles. The molecule has 0 aliphatic rings. The van der Waals surface area contributed by atoms with Crippen LogP contribution in [0.4, 0.5) is 0 Å². The van der Waals surface area contributed by atoms with Crippen molar-refractivity contribution in [1.29, 1.82) is 0 Å². The van der Waals surface area contributed by atoms with Gasteiger partial charge in [0.25, 0.3) is 0 Å². The first-order chi connectivity index (χ1) is 9.31. The summed E-state index contributed by atoms with van der Waals surface area (Å²) < 4.78 is 31.5. The van der Waals surface area contributed by atoms with Crippen LogP contribution in [-0.4, -0.2) is 43.7 Å². The first-order valence-electron chi connectivity index (χ1n) is 5.81. The van der Waals surface area contributed by atoms with Crippen molar-refractivity contribution in [2.24, 2.45) is 0 Å². The average molecular weight is 304 g/mol. The molecule has 1 aromatic rings. The van der Waals surface area contributed by atoms with E-state index >= 15 is 0 Å². The van der Waals surface area contributed by atoms with Crippen LogP contribution in [0.5, 0.6) is 0 Å². The molecule has 0 unspecified atom stereocenters. The van der Waals surface area contributed by atoms with E-state index in [9.17, 15) is 18.0 Å². The summed E-state index contributed by atoms with van der Waals surface area (Å²) in [5.74, 6) is -1.95. The molecule has 0 saturated carbocycles. The number of carboxylic acid groups (broad SMARTS) is 1. The van der Waals surface area contributed by atoms with Gasteiger partial charge in [0.05, 0.1) is 7.11 Å². The molecule has 1 rings (SSSR count). The van der Waals surface area contributed by atoms with Gasteiger partial charge in [-0.3, -0.25) is 4.79 Å².